The average Bonchev–Trinajstić information content (AvgIpc) is 3.49. The first kappa shape index (κ1) is 24.1. The van der Waals surface area contributed by atoms with E-state index in [0.29, 0.717) is 24.5 Å². The molecular formula is C25H32N6O2. The number of aromatic nitrogens is 3. The molecule has 1 N–H and O–H groups in total. The summed E-state index contributed by atoms with van der Waals surface area (Å²) in [5.41, 5.74) is 3.18. The van der Waals surface area contributed by atoms with Gasteiger partial charge in [0.1, 0.15) is 17.6 Å². The van der Waals surface area contributed by atoms with E-state index in [0.717, 1.165) is 41.3 Å². The predicted molar refractivity (Wildman–Crippen MR) is 129 cm³/mol. The van der Waals surface area contributed by atoms with E-state index in [2.05, 4.69) is 32.4 Å². The third-order valence-electron chi connectivity index (χ3n) is 5.38. The number of fused-ring (bicyclic) bond motifs is 1. The van der Waals surface area contributed by atoms with E-state index in [1.54, 1.807) is 24.0 Å². The van der Waals surface area contributed by atoms with Crippen LogP contribution in [0, 0.1) is 17.2 Å². The highest BCUT2D eigenvalue weighted by atomic mass is 16.5. The summed E-state index contributed by atoms with van der Waals surface area (Å²) in [7, 11) is 1.66. The first-order valence-corrected chi connectivity index (χ1v) is 11.4. The number of nitriles is 1. The molecule has 0 saturated carbocycles. The summed E-state index contributed by atoms with van der Waals surface area (Å²) in [6, 6.07) is 8.27. The van der Waals surface area contributed by atoms with Crippen molar-refractivity contribution >= 4 is 17.2 Å². The van der Waals surface area contributed by atoms with E-state index in [1.165, 1.54) is 12.8 Å². The molecule has 1 amide bonds. The highest BCUT2D eigenvalue weighted by molar-refractivity contribution is 5.85. The zero-order valence-corrected chi connectivity index (χ0v) is 19.8. The first-order chi connectivity index (χ1) is 16.0. The lowest BCUT2D eigenvalue weighted by molar-refractivity contribution is -0.121. The zero-order valence-electron chi connectivity index (χ0n) is 19.8. The van der Waals surface area contributed by atoms with Crippen LogP contribution in [0.2, 0.25) is 0 Å². The number of pyridine rings is 2. The van der Waals surface area contributed by atoms with Gasteiger partial charge in [0.05, 0.1) is 30.1 Å². The van der Waals surface area contributed by atoms with Crippen molar-refractivity contribution in [3.63, 3.8) is 0 Å². The molecule has 8 heteroatoms. The lowest BCUT2D eigenvalue weighted by atomic mass is 10.1. The summed E-state index contributed by atoms with van der Waals surface area (Å²) >= 11 is 0. The van der Waals surface area contributed by atoms with Crippen molar-refractivity contribution < 1.29 is 9.53 Å². The third-order valence-corrected chi connectivity index (χ3v) is 5.38. The van der Waals surface area contributed by atoms with Crippen LogP contribution in [0.4, 0.5) is 5.82 Å². The van der Waals surface area contributed by atoms with Crippen LogP contribution in [0.15, 0.2) is 36.8 Å². The van der Waals surface area contributed by atoms with Crippen molar-refractivity contribution in [2.24, 2.45) is 5.92 Å². The fourth-order valence-corrected chi connectivity index (χ4v) is 3.80. The predicted octanol–water partition coefficient (Wildman–Crippen LogP) is 4.05. The van der Waals surface area contributed by atoms with Crippen molar-refractivity contribution in [1.82, 2.24) is 19.9 Å². The Morgan fingerprint density at radius 2 is 2.03 bits per heavy atom. The quantitative estimate of drug-likeness (QED) is 0.611. The van der Waals surface area contributed by atoms with Crippen molar-refractivity contribution in [2.75, 3.05) is 31.6 Å². The second kappa shape index (κ2) is 11.3. The smallest absolute Gasteiger partial charge is 0.219 e. The van der Waals surface area contributed by atoms with Gasteiger partial charge in [-0.05, 0) is 43.9 Å². The maximum Gasteiger partial charge on any atom is 0.219 e. The molecule has 0 bridgehead atoms. The van der Waals surface area contributed by atoms with Gasteiger partial charge in [0.25, 0.3) is 0 Å². The van der Waals surface area contributed by atoms with E-state index in [-0.39, 0.29) is 5.91 Å². The largest absolute Gasteiger partial charge is 0.492 e. The van der Waals surface area contributed by atoms with Crippen molar-refractivity contribution in [1.29, 1.82) is 5.26 Å². The van der Waals surface area contributed by atoms with E-state index in [1.807, 2.05) is 39.1 Å². The zero-order chi connectivity index (χ0) is 23.8. The van der Waals surface area contributed by atoms with E-state index in [9.17, 15) is 10.1 Å². The molecule has 0 radical (unpaired) electrons. The molecule has 0 atom stereocenters. The minimum absolute atomic E-state index is 0.125. The van der Waals surface area contributed by atoms with Crippen molar-refractivity contribution in [3.8, 4) is 22.9 Å². The summed E-state index contributed by atoms with van der Waals surface area (Å²) < 4.78 is 7.35. The average molecular weight is 449 g/mol. The summed E-state index contributed by atoms with van der Waals surface area (Å²) in [5, 5.41) is 16.2. The number of carbonyl (C=O) groups is 1. The lowest BCUT2D eigenvalue weighted by Crippen LogP contribution is -2.19. The molecule has 174 valence electrons. The first-order valence-electron chi connectivity index (χ1n) is 11.4. The summed E-state index contributed by atoms with van der Waals surface area (Å²) in [6.45, 7) is 8.70. The molecule has 33 heavy (non-hydrogen) atoms. The van der Waals surface area contributed by atoms with E-state index >= 15 is 0 Å². The molecule has 1 aliphatic heterocycles. The Labute approximate surface area is 195 Å². The Bertz CT molecular complexity index is 1110. The minimum Gasteiger partial charge on any atom is -0.492 e. The lowest BCUT2D eigenvalue weighted by Gasteiger charge is -2.16. The van der Waals surface area contributed by atoms with Crippen LogP contribution in [0.1, 0.15) is 45.6 Å². The van der Waals surface area contributed by atoms with Crippen LogP contribution in [0.3, 0.4) is 0 Å². The van der Waals surface area contributed by atoms with Gasteiger partial charge in [0.15, 0.2) is 0 Å². The second-order valence-electron chi connectivity index (χ2n) is 8.36. The van der Waals surface area contributed by atoms with Crippen LogP contribution in [-0.4, -0.2) is 47.2 Å². The summed E-state index contributed by atoms with van der Waals surface area (Å²) in [5.74, 6) is 2.32. The highest BCUT2D eigenvalue weighted by Crippen LogP contribution is 2.31. The molecule has 3 aromatic heterocycles. The molecule has 0 spiro atoms. The molecule has 1 fully saturated rings. The number of ether oxygens (including phenoxy) is 1. The number of hydrogen-bond acceptors (Lipinski definition) is 6. The number of rotatable bonds is 6. The fraction of sp³-hybridized carbons (Fsp3) is 0.440. The van der Waals surface area contributed by atoms with Crippen LogP contribution < -0.4 is 15.0 Å². The van der Waals surface area contributed by atoms with Crippen LogP contribution in [0.25, 0.3) is 16.6 Å². The Hall–Kier alpha value is -3.60. The number of amides is 1. The maximum atomic E-state index is 10.5. The molecule has 0 unspecified atom stereocenters. The van der Waals surface area contributed by atoms with Gasteiger partial charge in [-0.25, -0.2) is 9.50 Å². The number of nitrogens with one attached hydrogen (secondary N) is 1. The number of hydrogen-bond donors (Lipinski definition) is 1. The molecule has 0 aliphatic carbocycles. The SMILES string of the molecule is CCOc1cc(-c2ccc(N3CCCC3)nc2)c2c(C#N)cnn2c1.CNC(=O)CC(C)C. The Morgan fingerprint density at radius 1 is 1.27 bits per heavy atom. The summed E-state index contributed by atoms with van der Waals surface area (Å²) in [4.78, 5) is 17.4. The van der Waals surface area contributed by atoms with Gasteiger partial charge in [0.2, 0.25) is 5.91 Å². The van der Waals surface area contributed by atoms with Gasteiger partial charge in [-0.2, -0.15) is 10.4 Å². The molecule has 8 nitrogen and oxygen atoms in total. The van der Waals surface area contributed by atoms with Crippen LogP contribution in [-0.2, 0) is 4.79 Å². The minimum atomic E-state index is 0.125. The Kier molecular flexibility index (Phi) is 8.25. The van der Waals surface area contributed by atoms with Gasteiger partial charge in [-0.15, -0.1) is 0 Å². The van der Waals surface area contributed by atoms with Crippen molar-refractivity contribution in [3.05, 3.63) is 42.4 Å². The number of carbonyl (C=O) groups excluding carboxylic acids is 1. The van der Waals surface area contributed by atoms with Crippen molar-refractivity contribution in [2.45, 2.75) is 40.0 Å². The van der Waals surface area contributed by atoms with Crippen LogP contribution in [0.5, 0.6) is 5.75 Å². The van der Waals surface area contributed by atoms with E-state index < -0.39 is 0 Å². The molecule has 4 heterocycles. The topological polar surface area (TPSA) is 95.6 Å². The molecule has 3 aromatic rings. The normalized spacial score (nSPS) is 12.9. The number of anilines is 1. The van der Waals surface area contributed by atoms with Gasteiger partial charge >= 0.3 is 0 Å². The molecule has 4 rings (SSSR count). The molecule has 1 saturated heterocycles. The van der Waals surface area contributed by atoms with Gasteiger partial charge in [-0.3, -0.25) is 4.79 Å². The number of nitrogens with zero attached hydrogens (tertiary/aromatic N) is 5. The maximum absolute atomic E-state index is 10.5. The van der Waals surface area contributed by atoms with Gasteiger partial charge in [-0.1, -0.05) is 13.8 Å². The fourth-order valence-electron chi connectivity index (χ4n) is 3.80. The molecule has 1 aliphatic rings. The summed E-state index contributed by atoms with van der Waals surface area (Å²) in [6.07, 6.45) is 8.34. The monoisotopic (exact) mass is 448 g/mol. The Balaban J connectivity index is 0.000000331. The van der Waals surface area contributed by atoms with Gasteiger partial charge in [0, 0.05) is 43.9 Å². The Morgan fingerprint density at radius 3 is 2.58 bits per heavy atom. The standard InChI is InChI=1S/C19H19N5O.C6H13NO/c1-2-25-16-9-17(19-15(10-20)12-22-24(19)13-16)14-5-6-18(21-11-14)23-7-3-4-8-23;1-5(2)4-6(8)7-3/h5-6,9,11-13H,2-4,7-8H2,1H3;5H,4H2,1-3H3,(H,7,8). The second-order valence-corrected chi connectivity index (χ2v) is 8.36. The molecule has 0 aromatic carbocycles. The highest BCUT2D eigenvalue weighted by Gasteiger charge is 2.16. The van der Waals surface area contributed by atoms with Crippen LogP contribution >= 0.6 is 0 Å². The molecular weight excluding hydrogens is 416 g/mol. The van der Waals surface area contributed by atoms with E-state index in [4.69, 9.17) is 4.74 Å². The van der Waals surface area contributed by atoms with Gasteiger partial charge < -0.3 is 15.0 Å². The third kappa shape index (κ3) is 6.01.